The van der Waals surface area contributed by atoms with Crippen molar-refractivity contribution < 1.29 is 33.9 Å². The van der Waals surface area contributed by atoms with Crippen LogP contribution in [-0.2, 0) is 37.2 Å². The maximum atomic E-state index is 12.1. The van der Waals surface area contributed by atoms with Crippen molar-refractivity contribution in [1.29, 1.82) is 0 Å². The number of halogens is 4. The first-order chi connectivity index (χ1) is 27.7. The summed E-state index contributed by atoms with van der Waals surface area (Å²) in [6, 6.07) is 22.9. The van der Waals surface area contributed by atoms with E-state index in [0.717, 1.165) is 47.2 Å². The minimum atomic E-state index is -0.607. The number of carbonyl (C=O) groups excluding carboxylic acids is 2. The van der Waals surface area contributed by atoms with Gasteiger partial charge >= 0.3 is 82.9 Å². The van der Waals surface area contributed by atoms with E-state index in [9.17, 15) is 14.4 Å². The van der Waals surface area contributed by atoms with Gasteiger partial charge in [0.2, 0.25) is 0 Å². The molecule has 6 heterocycles. The molecule has 0 spiro atoms. The van der Waals surface area contributed by atoms with Gasteiger partial charge in [0.05, 0.1) is 11.8 Å². The van der Waals surface area contributed by atoms with Gasteiger partial charge in [-0.1, -0.05) is 105 Å². The summed E-state index contributed by atoms with van der Waals surface area (Å²) in [5.74, 6) is -0.613. The number of aliphatic carboxylic acids is 1. The van der Waals surface area contributed by atoms with E-state index in [4.69, 9.17) is 14.6 Å². The third-order valence-corrected chi connectivity index (χ3v) is 12.0. The van der Waals surface area contributed by atoms with Crippen LogP contribution >= 0.6 is 82.5 Å². The van der Waals surface area contributed by atoms with Gasteiger partial charge in [0.15, 0.2) is 0 Å². The number of hydrogen-bond donors (Lipinski definition) is 2. The van der Waals surface area contributed by atoms with Gasteiger partial charge in [0.25, 0.3) is 0 Å². The van der Waals surface area contributed by atoms with Crippen LogP contribution in [-0.4, -0.2) is 105 Å². The summed E-state index contributed by atoms with van der Waals surface area (Å²) in [5, 5.41) is 11.8. The Labute approximate surface area is 407 Å². The molecule has 334 valence electrons. The quantitative estimate of drug-likeness (QED) is 0.121. The number of fused-ring (bicyclic) bond motifs is 6. The first kappa shape index (κ1) is 55.2. The van der Waals surface area contributed by atoms with E-state index < -0.39 is 5.97 Å². The summed E-state index contributed by atoms with van der Waals surface area (Å²) >= 11 is 9.73. The van der Waals surface area contributed by atoms with Crippen LogP contribution in [0.4, 0.5) is 4.79 Å². The van der Waals surface area contributed by atoms with Crippen LogP contribution in [0.3, 0.4) is 0 Å². The maximum absolute atomic E-state index is 12.1. The molecule has 9 unspecified atom stereocenters. The average molecular weight is 1310 g/mol. The van der Waals surface area contributed by atoms with Gasteiger partial charge in [-0.25, -0.2) is 4.79 Å². The zero-order valence-electron chi connectivity index (χ0n) is 34.8. The number of hydrogen-bond acceptors (Lipinski definition) is 8. The first-order valence-electron chi connectivity index (χ1n) is 20.3. The monoisotopic (exact) mass is 1310 g/mol. The molecule has 6 bridgehead atoms. The summed E-state index contributed by atoms with van der Waals surface area (Å²) in [6.45, 7) is 10.0. The van der Waals surface area contributed by atoms with Gasteiger partial charge in [0.1, 0.15) is 13.2 Å². The Kier molecular flexibility index (Phi) is 26.9. The molecule has 6 fully saturated rings. The number of carbonyl (C=O) groups is 3. The van der Waals surface area contributed by atoms with Gasteiger partial charge < -0.3 is 26.8 Å². The standard InChI is InChI=1S/C15H20N2O2.C15H19NO2.C8H13NO2.C3H7I.C2H5.CH4.3HI.V/c1-17-12-7-8-14(17)13(9-12)16-15(18)19-10-11-5-3-2-4-6-11;1-16-12-7-8-14(16)13(9-12)15(17)18-10-11-5-3-2-4-6-11;1-9-5-2-3-7(9)6(4-5)8(10)11;1-3(2)4;1-2;;;;;/h2-6,12-14H,7-10H2,1H3,(H,16,18);2-6,12-14H,7-10H2,1H3;5-7H,2-4H2,1H3,(H,10,11);3H,1-2H3;1H2,2H3;1H4;3*1H;/q;;;;-1;;;;;+3/p-3. The number of likely N-dealkylation sites (N-methyl/N-ethyl adjacent to an activating group) is 1. The van der Waals surface area contributed by atoms with Crippen LogP contribution in [0.2, 0.25) is 0 Å². The molecule has 6 aliphatic heterocycles. The number of alkyl carbamates (subject to hydrolysis) is 1. The molecule has 1 amide bonds. The second-order valence-corrected chi connectivity index (χ2v) is 53.6. The molecule has 9 atom stereocenters. The van der Waals surface area contributed by atoms with Crippen LogP contribution < -0.4 is 5.32 Å². The average Bonchev–Trinajstić information content (AvgIpc) is 4.06. The Balaban J connectivity index is 0.000000278. The van der Waals surface area contributed by atoms with Crippen molar-refractivity contribution in [2.75, 3.05) is 21.1 Å². The van der Waals surface area contributed by atoms with Gasteiger partial charge in [0, 0.05) is 46.2 Å². The molecular weight excluding hydrogens is 1240 g/mol. The Morgan fingerprint density at radius 2 is 1.08 bits per heavy atom. The molecule has 0 radical (unpaired) electrons. The van der Waals surface area contributed by atoms with Crippen LogP contribution in [0.25, 0.3) is 0 Å². The Bertz CT molecular complexity index is 1510. The summed E-state index contributed by atoms with van der Waals surface area (Å²) in [7, 11) is 6.33. The first-order valence-corrected chi connectivity index (χ1v) is 35.1. The molecular formula is C44H68I4N4O6V-. The molecule has 6 saturated heterocycles. The van der Waals surface area contributed by atoms with Crippen LogP contribution in [0.15, 0.2) is 60.7 Å². The number of esters is 1. The van der Waals surface area contributed by atoms with E-state index in [1.165, 1.54) is 25.7 Å². The molecule has 0 saturated carbocycles. The van der Waals surface area contributed by atoms with E-state index >= 15 is 0 Å². The van der Waals surface area contributed by atoms with Crippen molar-refractivity contribution in [3.8, 4) is 0 Å². The van der Waals surface area contributed by atoms with Gasteiger partial charge in [-0.05, 0) is 90.1 Å². The zero-order valence-corrected chi connectivity index (χ0v) is 44.8. The number of amides is 1. The molecule has 0 aromatic heterocycles. The van der Waals surface area contributed by atoms with E-state index in [1.54, 1.807) is 6.92 Å². The van der Waals surface area contributed by atoms with Gasteiger partial charge in [-0.3, -0.25) is 24.3 Å². The van der Waals surface area contributed by atoms with Gasteiger partial charge in [-0.2, -0.15) is 6.92 Å². The summed E-state index contributed by atoms with van der Waals surface area (Å²) in [6.07, 6.45) is 9.73. The minimum absolute atomic E-state index is 0. The Morgan fingerprint density at radius 1 is 0.712 bits per heavy atom. The second-order valence-electron chi connectivity index (χ2n) is 15.8. The molecule has 8 rings (SSSR count). The van der Waals surface area contributed by atoms with Crippen molar-refractivity contribution in [2.45, 2.75) is 145 Å². The number of nitrogens with one attached hydrogen (secondary N) is 1. The summed E-state index contributed by atoms with van der Waals surface area (Å²) < 4.78 is 11.5. The number of rotatable bonds is 7. The predicted molar refractivity (Wildman–Crippen MR) is 271 cm³/mol. The molecule has 10 nitrogen and oxygen atoms in total. The summed E-state index contributed by atoms with van der Waals surface area (Å²) in [4.78, 5) is 41.3. The van der Waals surface area contributed by atoms with Crippen LogP contribution in [0.5, 0.6) is 0 Å². The molecule has 2 N–H and O–H groups in total. The number of nitrogens with zero attached hydrogens (tertiary/aromatic N) is 3. The normalized spacial score (nSPS) is 28.2. The van der Waals surface area contributed by atoms with Gasteiger partial charge in [-0.15, -0.1) is 0 Å². The Hall–Kier alpha value is 0.0344. The fourth-order valence-corrected chi connectivity index (χ4v) is 9.21. The SMILES string of the molecule is C.CC(C)I.CN1C2CCC1C(C(=O)O)C2.CN1C2CCC1C(C(=O)OCc1ccccc1)C2.CN1C2CCC1C(NC(=O)OCc1ccccc1)C2.[CH2-]C.[I][V]([I])[I]. The molecule has 59 heavy (non-hydrogen) atoms. The third-order valence-electron chi connectivity index (χ3n) is 12.0. The van der Waals surface area contributed by atoms with E-state index in [1.807, 2.05) is 67.7 Å². The number of ether oxygens (including phenoxy) is 2. The molecule has 2 aromatic carbocycles. The number of carboxylic acids is 1. The fourth-order valence-electron chi connectivity index (χ4n) is 9.21. The fraction of sp³-hybridized carbons (Fsp3) is 0.636. The van der Waals surface area contributed by atoms with Crippen molar-refractivity contribution in [3.05, 3.63) is 78.7 Å². The van der Waals surface area contributed by atoms with Crippen molar-refractivity contribution in [2.24, 2.45) is 11.8 Å². The number of benzene rings is 2. The van der Waals surface area contributed by atoms with E-state index in [2.05, 4.69) is 137 Å². The topological polar surface area (TPSA) is 112 Å². The number of carboxylic acid groups (broad SMARTS) is 1. The molecule has 15 heteroatoms. The molecule has 6 aliphatic rings. The van der Waals surface area contributed by atoms with Crippen LogP contribution in [0.1, 0.15) is 97.1 Å². The molecule has 2 aromatic rings. The van der Waals surface area contributed by atoms with Crippen LogP contribution in [0, 0.1) is 18.8 Å². The Morgan fingerprint density at radius 3 is 1.41 bits per heavy atom. The van der Waals surface area contributed by atoms with E-state index in [-0.39, 0.29) is 42.3 Å². The van der Waals surface area contributed by atoms with Crippen molar-refractivity contribution >= 4 is 101 Å². The number of alkyl halides is 1. The van der Waals surface area contributed by atoms with E-state index in [0.29, 0.717) is 49.5 Å². The van der Waals surface area contributed by atoms with Crippen molar-refractivity contribution in [1.82, 2.24) is 20.0 Å². The second kappa shape index (κ2) is 28.7. The predicted octanol–water partition coefficient (Wildman–Crippen LogP) is 10.9. The summed E-state index contributed by atoms with van der Waals surface area (Å²) in [5.41, 5.74) is 2.07. The zero-order chi connectivity index (χ0) is 42.9. The van der Waals surface area contributed by atoms with Crippen molar-refractivity contribution in [3.63, 3.8) is 0 Å². The third kappa shape index (κ3) is 17.9. The molecule has 0 aliphatic carbocycles.